The predicted molar refractivity (Wildman–Crippen MR) is 95.6 cm³/mol. The lowest BCUT2D eigenvalue weighted by Gasteiger charge is -1.99. The Morgan fingerprint density at radius 3 is 2.96 bits per heavy atom. The zero-order chi connectivity index (χ0) is 16.0. The number of halogens is 1. The molecule has 2 heterocycles. The Bertz CT molecular complexity index is 1050. The topological polar surface area (TPSA) is 57.8 Å². The maximum absolute atomic E-state index is 12.5. The number of carbonyl (C=O) groups excluding carboxylic acids is 1. The molecule has 0 atom stereocenters. The summed E-state index contributed by atoms with van der Waals surface area (Å²) < 4.78 is 1.00. The summed E-state index contributed by atoms with van der Waals surface area (Å²) in [7, 11) is 0. The van der Waals surface area contributed by atoms with Crippen LogP contribution in [0.2, 0.25) is 5.02 Å². The Kier molecular flexibility index (Phi) is 3.32. The van der Waals surface area contributed by atoms with Gasteiger partial charge in [-0.25, -0.2) is 4.98 Å². The number of nitrogens with one attached hydrogen (secondary N) is 2. The zero-order valence-electron chi connectivity index (χ0n) is 12.2. The number of benzene rings is 2. The maximum atomic E-state index is 12.5. The van der Waals surface area contributed by atoms with Crippen LogP contribution in [0.15, 0.2) is 42.6 Å². The first kappa shape index (κ1) is 14.2. The van der Waals surface area contributed by atoms with Gasteiger partial charge in [0.05, 0.1) is 15.8 Å². The summed E-state index contributed by atoms with van der Waals surface area (Å²) in [5.41, 5.74) is 3.30. The molecule has 0 aliphatic heterocycles. The zero-order valence-corrected chi connectivity index (χ0v) is 13.8. The molecule has 0 aliphatic rings. The highest BCUT2D eigenvalue weighted by atomic mass is 35.5. The van der Waals surface area contributed by atoms with Crippen molar-refractivity contribution in [3.05, 3.63) is 58.7 Å². The van der Waals surface area contributed by atoms with E-state index in [2.05, 4.69) is 15.3 Å². The number of aryl methyl sites for hydroxylation is 1. The van der Waals surface area contributed by atoms with E-state index in [1.807, 2.05) is 43.3 Å². The lowest BCUT2D eigenvalue weighted by Crippen LogP contribution is -2.10. The molecular formula is C17H12ClN3OS. The van der Waals surface area contributed by atoms with Crippen LogP contribution in [-0.4, -0.2) is 15.9 Å². The van der Waals surface area contributed by atoms with Gasteiger partial charge in [-0.1, -0.05) is 41.1 Å². The Morgan fingerprint density at radius 1 is 1.26 bits per heavy atom. The van der Waals surface area contributed by atoms with E-state index < -0.39 is 0 Å². The molecule has 2 N–H and O–H groups in total. The molecule has 4 nitrogen and oxygen atoms in total. The fraction of sp³-hybridized carbons (Fsp3) is 0.0588. The number of amides is 1. The number of nitrogens with zero attached hydrogens (tertiary/aromatic N) is 1. The van der Waals surface area contributed by atoms with Gasteiger partial charge in [-0.3, -0.25) is 10.1 Å². The van der Waals surface area contributed by atoms with Crippen LogP contribution in [0, 0.1) is 6.92 Å². The molecule has 0 radical (unpaired) electrons. The molecule has 4 aromatic rings. The molecule has 2 aromatic carbocycles. The quantitative estimate of drug-likeness (QED) is 0.539. The largest absolute Gasteiger partial charge is 0.360 e. The normalized spacial score (nSPS) is 11.2. The minimum Gasteiger partial charge on any atom is -0.360 e. The minimum absolute atomic E-state index is 0.176. The molecular weight excluding hydrogens is 330 g/mol. The number of aromatic nitrogens is 2. The summed E-state index contributed by atoms with van der Waals surface area (Å²) in [6.07, 6.45) is 1.72. The van der Waals surface area contributed by atoms with Crippen LogP contribution in [0.4, 0.5) is 5.13 Å². The molecule has 1 amide bonds. The van der Waals surface area contributed by atoms with Crippen LogP contribution in [0.5, 0.6) is 0 Å². The third-order valence-electron chi connectivity index (χ3n) is 3.80. The van der Waals surface area contributed by atoms with E-state index in [0.717, 1.165) is 26.7 Å². The summed E-state index contributed by atoms with van der Waals surface area (Å²) in [6.45, 7) is 1.93. The van der Waals surface area contributed by atoms with E-state index in [9.17, 15) is 4.79 Å². The Balaban J connectivity index is 1.70. The van der Waals surface area contributed by atoms with Gasteiger partial charge in [0.25, 0.3) is 5.91 Å². The maximum Gasteiger partial charge on any atom is 0.259 e. The van der Waals surface area contributed by atoms with Gasteiger partial charge in [0.1, 0.15) is 0 Å². The highest BCUT2D eigenvalue weighted by Gasteiger charge is 2.15. The number of thiazole rings is 1. The number of H-pyrrole nitrogens is 1. The SMILES string of the molecule is Cc1c(Cl)ccc2sc(NC(=O)c3c[nH]c4ccccc34)nc12. The average molecular weight is 342 g/mol. The highest BCUT2D eigenvalue weighted by Crippen LogP contribution is 2.32. The van der Waals surface area contributed by atoms with E-state index in [4.69, 9.17) is 11.6 Å². The van der Waals surface area contributed by atoms with Gasteiger partial charge in [-0.15, -0.1) is 0 Å². The van der Waals surface area contributed by atoms with Gasteiger partial charge in [0, 0.05) is 22.1 Å². The van der Waals surface area contributed by atoms with E-state index in [-0.39, 0.29) is 5.91 Å². The van der Waals surface area contributed by atoms with Crippen molar-refractivity contribution in [1.82, 2.24) is 9.97 Å². The van der Waals surface area contributed by atoms with E-state index >= 15 is 0 Å². The number of aromatic amines is 1. The summed E-state index contributed by atoms with van der Waals surface area (Å²) in [5.74, 6) is -0.176. The van der Waals surface area contributed by atoms with Gasteiger partial charge in [-0.2, -0.15) is 0 Å². The van der Waals surface area contributed by atoms with Gasteiger partial charge >= 0.3 is 0 Å². The summed E-state index contributed by atoms with van der Waals surface area (Å²) in [6, 6.07) is 11.5. The number of fused-ring (bicyclic) bond motifs is 2. The van der Waals surface area contributed by atoms with Gasteiger partial charge in [-0.05, 0) is 30.7 Å². The van der Waals surface area contributed by atoms with Crippen LogP contribution < -0.4 is 5.32 Å². The Morgan fingerprint density at radius 2 is 2.09 bits per heavy atom. The fourth-order valence-corrected chi connectivity index (χ4v) is 3.65. The molecule has 4 rings (SSSR count). The molecule has 2 aromatic heterocycles. The van der Waals surface area contributed by atoms with E-state index in [1.165, 1.54) is 11.3 Å². The van der Waals surface area contributed by atoms with Crippen molar-refractivity contribution in [1.29, 1.82) is 0 Å². The van der Waals surface area contributed by atoms with Crippen molar-refractivity contribution in [3.8, 4) is 0 Å². The smallest absolute Gasteiger partial charge is 0.259 e. The molecule has 0 aliphatic carbocycles. The first-order valence-corrected chi connectivity index (χ1v) is 8.26. The first-order chi connectivity index (χ1) is 11.1. The monoisotopic (exact) mass is 341 g/mol. The second kappa shape index (κ2) is 5.37. The summed E-state index contributed by atoms with van der Waals surface area (Å²) in [5, 5.41) is 5.02. The molecule has 0 unspecified atom stereocenters. The third kappa shape index (κ3) is 2.38. The van der Waals surface area contributed by atoms with Crippen molar-refractivity contribution in [2.75, 3.05) is 5.32 Å². The van der Waals surface area contributed by atoms with Gasteiger partial charge in [0.15, 0.2) is 5.13 Å². The average Bonchev–Trinajstić information content (AvgIpc) is 3.15. The van der Waals surface area contributed by atoms with Crippen LogP contribution in [0.25, 0.3) is 21.1 Å². The lowest BCUT2D eigenvalue weighted by atomic mass is 10.2. The Hall–Kier alpha value is -2.37. The number of para-hydroxylation sites is 1. The molecule has 23 heavy (non-hydrogen) atoms. The molecule has 0 fully saturated rings. The Labute approximate surface area is 141 Å². The molecule has 0 bridgehead atoms. The third-order valence-corrected chi connectivity index (χ3v) is 5.15. The molecule has 6 heteroatoms. The molecule has 114 valence electrons. The first-order valence-electron chi connectivity index (χ1n) is 7.06. The van der Waals surface area contributed by atoms with Crippen LogP contribution in [-0.2, 0) is 0 Å². The van der Waals surface area contributed by atoms with Gasteiger partial charge < -0.3 is 4.98 Å². The van der Waals surface area contributed by atoms with Crippen LogP contribution in [0.1, 0.15) is 15.9 Å². The number of rotatable bonds is 2. The summed E-state index contributed by atoms with van der Waals surface area (Å²) >= 11 is 7.56. The lowest BCUT2D eigenvalue weighted by molar-refractivity contribution is 0.102. The van der Waals surface area contributed by atoms with Crippen molar-refractivity contribution >= 4 is 55.1 Å². The molecule has 0 saturated carbocycles. The summed E-state index contributed by atoms with van der Waals surface area (Å²) in [4.78, 5) is 20.1. The highest BCUT2D eigenvalue weighted by molar-refractivity contribution is 7.22. The van der Waals surface area contributed by atoms with Crippen molar-refractivity contribution in [3.63, 3.8) is 0 Å². The molecule has 0 saturated heterocycles. The number of anilines is 1. The van der Waals surface area contributed by atoms with Crippen molar-refractivity contribution in [2.24, 2.45) is 0 Å². The van der Waals surface area contributed by atoms with E-state index in [0.29, 0.717) is 15.7 Å². The fourth-order valence-electron chi connectivity index (χ4n) is 2.58. The van der Waals surface area contributed by atoms with Crippen LogP contribution >= 0.6 is 22.9 Å². The van der Waals surface area contributed by atoms with Crippen molar-refractivity contribution in [2.45, 2.75) is 6.92 Å². The predicted octanol–water partition coefficient (Wildman–Crippen LogP) is 4.99. The number of hydrogen-bond donors (Lipinski definition) is 2. The molecule has 0 spiro atoms. The number of hydrogen-bond acceptors (Lipinski definition) is 3. The number of carbonyl (C=O) groups is 1. The second-order valence-corrected chi connectivity index (χ2v) is 6.68. The minimum atomic E-state index is -0.176. The van der Waals surface area contributed by atoms with Gasteiger partial charge in [0.2, 0.25) is 0 Å². The van der Waals surface area contributed by atoms with E-state index in [1.54, 1.807) is 6.20 Å². The van der Waals surface area contributed by atoms with Crippen molar-refractivity contribution < 1.29 is 4.79 Å². The van der Waals surface area contributed by atoms with Crippen LogP contribution in [0.3, 0.4) is 0 Å². The standard InChI is InChI=1S/C17H12ClN3OS/c1-9-12(18)6-7-14-15(9)20-17(23-14)21-16(22)11-8-19-13-5-3-2-4-10(11)13/h2-8,19H,1H3,(H,20,21,22). The second-order valence-electron chi connectivity index (χ2n) is 5.24.